The first-order chi connectivity index (χ1) is 9.63. The first-order valence-corrected chi connectivity index (χ1v) is 6.78. The van der Waals surface area contributed by atoms with Crippen LogP contribution >= 0.6 is 0 Å². The van der Waals surface area contributed by atoms with Crippen LogP contribution in [0.3, 0.4) is 0 Å². The van der Waals surface area contributed by atoms with Crippen LogP contribution in [0.5, 0.6) is 0 Å². The van der Waals surface area contributed by atoms with Gasteiger partial charge in [0.15, 0.2) is 5.92 Å². The van der Waals surface area contributed by atoms with Gasteiger partial charge in [0.25, 0.3) is 0 Å². The molecule has 1 heterocycles. The van der Waals surface area contributed by atoms with Crippen molar-refractivity contribution in [3.63, 3.8) is 0 Å². The topological polar surface area (TPSA) is 78.4 Å². The SMILES string of the molecule is CCCc1cc(C(C(=O)OCC)C(=O)OCC)ncn1. The molecule has 0 amide bonds. The van der Waals surface area contributed by atoms with Crippen molar-refractivity contribution in [3.8, 4) is 0 Å². The van der Waals surface area contributed by atoms with E-state index in [1.807, 2.05) is 6.92 Å². The third kappa shape index (κ3) is 4.29. The smallest absolute Gasteiger partial charge is 0.326 e. The molecule has 0 aliphatic carbocycles. The second kappa shape index (κ2) is 8.24. The minimum absolute atomic E-state index is 0.196. The van der Waals surface area contributed by atoms with Gasteiger partial charge < -0.3 is 9.47 Å². The molecular formula is C14H20N2O4. The van der Waals surface area contributed by atoms with Crippen LogP contribution in [-0.2, 0) is 25.5 Å². The normalized spacial score (nSPS) is 10.4. The van der Waals surface area contributed by atoms with Crippen LogP contribution in [0.25, 0.3) is 0 Å². The van der Waals surface area contributed by atoms with Crippen molar-refractivity contribution in [1.29, 1.82) is 0 Å². The van der Waals surface area contributed by atoms with Crippen LogP contribution in [0, 0.1) is 0 Å². The summed E-state index contributed by atoms with van der Waals surface area (Å²) < 4.78 is 9.85. The average Bonchev–Trinajstić information content (AvgIpc) is 2.40. The van der Waals surface area contributed by atoms with Gasteiger partial charge in [-0.1, -0.05) is 13.3 Å². The Labute approximate surface area is 118 Å². The molecule has 0 aliphatic heterocycles. The third-order valence-corrected chi connectivity index (χ3v) is 2.59. The van der Waals surface area contributed by atoms with Crippen molar-refractivity contribution in [2.75, 3.05) is 13.2 Å². The number of aryl methyl sites for hydroxylation is 1. The summed E-state index contributed by atoms with van der Waals surface area (Å²) in [7, 11) is 0. The average molecular weight is 280 g/mol. The summed E-state index contributed by atoms with van der Waals surface area (Å²) in [4.78, 5) is 32.0. The second-order valence-electron chi connectivity index (χ2n) is 4.12. The van der Waals surface area contributed by atoms with E-state index in [0.717, 1.165) is 18.5 Å². The molecule has 0 aliphatic rings. The number of nitrogens with zero attached hydrogens (tertiary/aromatic N) is 2. The van der Waals surface area contributed by atoms with E-state index < -0.39 is 17.9 Å². The predicted molar refractivity (Wildman–Crippen MR) is 72.0 cm³/mol. The summed E-state index contributed by atoms with van der Waals surface area (Å²) in [5.74, 6) is -2.44. The summed E-state index contributed by atoms with van der Waals surface area (Å²) >= 11 is 0. The second-order valence-corrected chi connectivity index (χ2v) is 4.12. The molecule has 0 spiro atoms. The van der Waals surface area contributed by atoms with E-state index in [-0.39, 0.29) is 13.2 Å². The highest BCUT2D eigenvalue weighted by molar-refractivity contribution is 6.00. The monoisotopic (exact) mass is 280 g/mol. The van der Waals surface area contributed by atoms with Gasteiger partial charge in [0, 0.05) is 5.69 Å². The summed E-state index contributed by atoms with van der Waals surface area (Å²) in [5.41, 5.74) is 1.11. The van der Waals surface area contributed by atoms with Crippen LogP contribution < -0.4 is 0 Å². The van der Waals surface area contributed by atoms with Crippen LogP contribution in [0.4, 0.5) is 0 Å². The van der Waals surface area contributed by atoms with Gasteiger partial charge >= 0.3 is 11.9 Å². The molecule has 0 N–H and O–H groups in total. The number of ether oxygens (including phenoxy) is 2. The van der Waals surface area contributed by atoms with Gasteiger partial charge in [-0.25, -0.2) is 9.97 Å². The maximum Gasteiger partial charge on any atom is 0.326 e. The van der Waals surface area contributed by atoms with Crippen molar-refractivity contribution in [2.24, 2.45) is 0 Å². The van der Waals surface area contributed by atoms with Gasteiger partial charge in [-0.05, 0) is 26.3 Å². The molecule has 6 heteroatoms. The van der Waals surface area contributed by atoms with Crippen LogP contribution in [0.1, 0.15) is 44.5 Å². The third-order valence-electron chi connectivity index (χ3n) is 2.59. The molecule has 0 saturated heterocycles. The van der Waals surface area contributed by atoms with E-state index in [0.29, 0.717) is 5.69 Å². The zero-order chi connectivity index (χ0) is 15.0. The number of rotatable bonds is 7. The quantitative estimate of drug-likeness (QED) is 0.558. The Morgan fingerprint density at radius 3 is 2.20 bits per heavy atom. The Kier molecular flexibility index (Phi) is 6.63. The first kappa shape index (κ1) is 16.1. The fourth-order valence-corrected chi connectivity index (χ4v) is 1.75. The zero-order valence-electron chi connectivity index (χ0n) is 12.1. The molecule has 0 fully saturated rings. The Hall–Kier alpha value is -1.98. The van der Waals surface area contributed by atoms with E-state index in [1.165, 1.54) is 6.33 Å². The summed E-state index contributed by atoms with van der Waals surface area (Å²) in [5, 5.41) is 0. The van der Waals surface area contributed by atoms with Crippen LogP contribution in [0.2, 0.25) is 0 Å². The standard InChI is InChI=1S/C14H20N2O4/c1-4-7-10-8-11(16-9-15-10)12(13(17)19-5-2)14(18)20-6-3/h8-9,12H,4-7H2,1-3H3. The fraction of sp³-hybridized carbons (Fsp3) is 0.571. The van der Waals surface area contributed by atoms with Crippen LogP contribution in [-0.4, -0.2) is 35.1 Å². The molecule has 0 unspecified atom stereocenters. The van der Waals surface area contributed by atoms with Gasteiger partial charge in [0.05, 0.1) is 18.9 Å². The lowest BCUT2D eigenvalue weighted by Gasteiger charge is -2.14. The lowest BCUT2D eigenvalue weighted by Crippen LogP contribution is -2.27. The fourth-order valence-electron chi connectivity index (χ4n) is 1.75. The number of hydrogen-bond donors (Lipinski definition) is 0. The summed E-state index contributed by atoms with van der Waals surface area (Å²) in [6.45, 7) is 5.78. The Morgan fingerprint density at radius 2 is 1.70 bits per heavy atom. The largest absolute Gasteiger partial charge is 0.465 e. The number of esters is 2. The van der Waals surface area contributed by atoms with Crippen molar-refractivity contribution >= 4 is 11.9 Å². The minimum atomic E-state index is -1.14. The van der Waals surface area contributed by atoms with E-state index >= 15 is 0 Å². The number of hydrogen-bond acceptors (Lipinski definition) is 6. The molecule has 0 atom stereocenters. The lowest BCUT2D eigenvalue weighted by atomic mass is 10.0. The number of carbonyl (C=O) groups is 2. The van der Waals surface area contributed by atoms with Gasteiger partial charge in [-0.15, -0.1) is 0 Å². The molecule has 0 bridgehead atoms. The molecule has 0 aromatic carbocycles. The minimum Gasteiger partial charge on any atom is -0.465 e. The van der Waals surface area contributed by atoms with E-state index in [4.69, 9.17) is 9.47 Å². The van der Waals surface area contributed by atoms with Gasteiger partial charge in [0.2, 0.25) is 0 Å². The number of aromatic nitrogens is 2. The Balaban J connectivity index is 3.05. The first-order valence-electron chi connectivity index (χ1n) is 6.78. The maximum atomic E-state index is 11.9. The van der Waals surface area contributed by atoms with Crippen LogP contribution in [0.15, 0.2) is 12.4 Å². The van der Waals surface area contributed by atoms with Gasteiger partial charge in [-0.3, -0.25) is 9.59 Å². The van der Waals surface area contributed by atoms with Crippen molar-refractivity contribution in [3.05, 3.63) is 23.8 Å². The van der Waals surface area contributed by atoms with E-state index in [1.54, 1.807) is 19.9 Å². The molecule has 6 nitrogen and oxygen atoms in total. The van der Waals surface area contributed by atoms with E-state index in [9.17, 15) is 9.59 Å². The summed E-state index contributed by atoms with van der Waals surface area (Å²) in [6.07, 6.45) is 3.03. The lowest BCUT2D eigenvalue weighted by molar-refractivity contribution is -0.157. The van der Waals surface area contributed by atoms with Gasteiger partial charge in [-0.2, -0.15) is 0 Å². The van der Waals surface area contributed by atoms with Gasteiger partial charge in [0.1, 0.15) is 6.33 Å². The molecule has 110 valence electrons. The highest BCUT2D eigenvalue weighted by Gasteiger charge is 2.33. The molecule has 20 heavy (non-hydrogen) atoms. The van der Waals surface area contributed by atoms with E-state index in [2.05, 4.69) is 9.97 Å². The molecule has 1 aromatic rings. The van der Waals surface area contributed by atoms with Crippen molar-refractivity contribution < 1.29 is 19.1 Å². The Morgan fingerprint density at radius 1 is 1.10 bits per heavy atom. The molecular weight excluding hydrogens is 260 g/mol. The highest BCUT2D eigenvalue weighted by atomic mass is 16.6. The highest BCUT2D eigenvalue weighted by Crippen LogP contribution is 2.18. The predicted octanol–water partition coefficient (Wildman–Crippen LogP) is 1.64. The number of carbonyl (C=O) groups excluding carboxylic acids is 2. The molecule has 0 saturated carbocycles. The summed E-state index contributed by atoms with van der Waals surface area (Å²) in [6, 6.07) is 1.65. The van der Waals surface area contributed by atoms with Crippen molar-refractivity contribution in [1.82, 2.24) is 9.97 Å². The van der Waals surface area contributed by atoms with Crippen molar-refractivity contribution in [2.45, 2.75) is 39.5 Å². The molecule has 1 aromatic heterocycles. The Bertz CT molecular complexity index is 444. The zero-order valence-corrected chi connectivity index (χ0v) is 12.1. The molecule has 0 radical (unpaired) electrons. The maximum absolute atomic E-state index is 11.9. The molecule has 1 rings (SSSR count).